The summed E-state index contributed by atoms with van der Waals surface area (Å²) in [7, 11) is 3.22. The van der Waals surface area contributed by atoms with Crippen LogP contribution in [-0.4, -0.2) is 41.6 Å². The van der Waals surface area contributed by atoms with Crippen molar-refractivity contribution >= 4 is 23.4 Å². The first-order valence-corrected chi connectivity index (χ1v) is 8.24. The largest absolute Gasteiger partial charge is 0.464 e. The molecule has 1 aliphatic rings. The molecule has 7 heteroatoms. The van der Waals surface area contributed by atoms with Crippen molar-refractivity contribution in [3.8, 4) is 0 Å². The van der Waals surface area contributed by atoms with Crippen molar-refractivity contribution in [2.24, 2.45) is 0 Å². The minimum Gasteiger partial charge on any atom is -0.464 e. The number of halogens is 1. The predicted molar refractivity (Wildman–Crippen MR) is 91.6 cm³/mol. The van der Waals surface area contributed by atoms with Crippen molar-refractivity contribution in [3.63, 3.8) is 0 Å². The second kappa shape index (κ2) is 7.13. The van der Waals surface area contributed by atoms with Gasteiger partial charge in [0.15, 0.2) is 11.5 Å². The lowest BCUT2D eigenvalue weighted by atomic mass is 10.2. The van der Waals surface area contributed by atoms with E-state index in [1.165, 1.54) is 7.11 Å². The van der Waals surface area contributed by atoms with Crippen LogP contribution in [0.15, 0.2) is 24.4 Å². The van der Waals surface area contributed by atoms with Crippen molar-refractivity contribution in [1.82, 2.24) is 15.0 Å². The van der Waals surface area contributed by atoms with E-state index in [0.29, 0.717) is 24.1 Å². The number of carbonyl (C=O) groups is 1. The van der Waals surface area contributed by atoms with Gasteiger partial charge in [0.05, 0.1) is 7.11 Å². The second-order valence-electron chi connectivity index (χ2n) is 5.83. The highest BCUT2D eigenvalue weighted by Crippen LogP contribution is 2.40. The maximum Gasteiger partial charge on any atom is 0.358 e. The van der Waals surface area contributed by atoms with Gasteiger partial charge in [0.25, 0.3) is 0 Å². The Labute approximate surface area is 145 Å². The lowest BCUT2D eigenvalue weighted by Gasteiger charge is -2.20. The summed E-state index contributed by atoms with van der Waals surface area (Å²) in [6.07, 6.45) is 4.61. The molecule has 1 fully saturated rings. The summed E-state index contributed by atoms with van der Waals surface area (Å²) in [6, 6.07) is 5.82. The molecule has 2 aromatic rings. The number of rotatable bonds is 6. The van der Waals surface area contributed by atoms with Crippen LogP contribution in [0, 0.1) is 0 Å². The van der Waals surface area contributed by atoms with Crippen molar-refractivity contribution in [3.05, 3.63) is 46.6 Å². The first kappa shape index (κ1) is 16.6. The fourth-order valence-corrected chi connectivity index (χ4v) is 2.70. The van der Waals surface area contributed by atoms with Gasteiger partial charge in [0, 0.05) is 37.8 Å². The van der Waals surface area contributed by atoms with Crippen LogP contribution in [0.1, 0.15) is 40.8 Å². The van der Waals surface area contributed by atoms with Crippen LogP contribution >= 0.6 is 11.6 Å². The van der Waals surface area contributed by atoms with Crippen molar-refractivity contribution in [1.29, 1.82) is 0 Å². The number of nitrogens with zero attached hydrogens (tertiary/aromatic N) is 4. The molecule has 0 unspecified atom stereocenters. The summed E-state index contributed by atoms with van der Waals surface area (Å²) < 4.78 is 4.79. The highest BCUT2D eigenvalue weighted by atomic mass is 35.5. The lowest BCUT2D eigenvalue weighted by Crippen LogP contribution is -2.24. The maximum atomic E-state index is 12.0. The number of aromatic nitrogens is 3. The van der Waals surface area contributed by atoms with Crippen LogP contribution < -0.4 is 4.90 Å². The van der Waals surface area contributed by atoms with Crippen LogP contribution in [0.3, 0.4) is 0 Å². The van der Waals surface area contributed by atoms with E-state index >= 15 is 0 Å². The average molecular weight is 347 g/mol. The SMILES string of the molecule is COC(=O)c1nc(C2CC2)nc(N(C)CCc2ccccn2)c1Cl. The molecule has 0 saturated heterocycles. The normalized spacial score (nSPS) is 13.6. The third-order valence-corrected chi connectivity index (χ3v) is 4.31. The number of ether oxygens (including phenoxy) is 1. The summed E-state index contributed by atoms with van der Waals surface area (Å²) in [5.74, 6) is 1.00. The molecule has 0 N–H and O–H groups in total. The number of hydrogen-bond donors (Lipinski definition) is 0. The van der Waals surface area contributed by atoms with Gasteiger partial charge < -0.3 is 9.64 Å². The number of pyridine rings is 1. The molecule has 0 spiro atoms. The number of esters is 1. The fraction of sp³-hybridized carbons (Fsp3) is 0.412. The van der Waals surface area contributed by atoms with E-state index in [2.05, 4.69) is 15.0 Å². The molecule has 24 heavy (non-hydrogen) atoms. The second-order valence-corrected chi connectivity index (χ2v) is 6.20. The first-order valence-electron chi connectivity index (χ1n) is 7.87. The number of hydrogen-bond acceptors (Lipinski definition) is 6. The van der Waals surface area contributed by atoms with Gasteiger partial charge >= 0.3 is 5.97 Å². The Bertz CT molecular complexity index is 735. The zero-order valence-electron chi connectivity index (χ0n) is 13.7. The summed E-state index contributed by atoms with van der Waals surface area (Å²) in [6.45, 7) is 0.679. The van der Waals surface area contributed by atoms with E-state index < -0.39 is 5.97 Å². The Morgan fingerprint density at radius 3 is 2.79 bits per heavy atom. The molecule has 0 bridgehead atoms. The Balaban J connectivity index is 1.85. The molecule has 1 saturated carbocycles. The lowest BCUT2D eigenvalue weighted by molar-refractivity contribution is 0.0593. The van der Waals surface area contributed by atoms with Gasteiger partial charge in [0.2, 0.25) is 0 Å². The van der Waals surface area contributed by atoms with Gasteiger partial charge in [0.1, 0.15) is 10.8 Å². The Morgan fingerprint density at radius 1 is 1.38 bits per heavy atom. The summed E-state index contributed by atoms with van der Waals surface area (Å²) >= 11 is 6.37. The van der Waals surface area contributed by atoms with Crippen LogP contribution in [0.4, 0.5) is 5.82 Å². The third kappa shape index (κ3) is 3.64. The molecule has 0 aromatic carbocycles. The molecule has 1 aliphatic carbocycles. The molecule has 6 nitrogen and oxygen atoms in total. The maximum absolute atomic E-state index is 12.0. The number of carbonyl (C=O) groups excluding carboxylic acids is 1. The standard InChI is InChI=1S/C17H19ClN4O2/c1-22(10-8-12-5-3-4-9-19-12)16-13(18)14(17(23)24-2)20-15(21-16)11-6-7-11/h3-5,9,11H,6-8,10H2,1-2H3. The van der Waals surface area contributed by atoms with E-state index in [4.69, 9.17) is 16.3 Å². The van der Waals surface area contributed by atoms with Gasteiger partial charge in [-0.15, -0.1) is 0 Å². The molecule has 2 heterocycles. The van der Waals surface area contributed by atoms with Gasteiger partial charge in [-0.1, -0.05) is 17.7 Å². The number of anilines is 1. The van der Waals surface area contributed by atoms with Gasteiger partial charge in [-0.25, -0.2) is 14.8 Å². The van der Waals surface area contributed by atoms with E-state index in [1.54, 1.807) is 6.20 Å². The molecule has 3 rings (SSSR count). The Morgan fingerprint density at radius 2 is 2.17 bits per heavy atom. The van der Waals surface area contributed by atoms with E-state index in [9.17, 15) is 4.79 Å². The Hall–Kier alpha value is -2.21. The van der Waals surface area contributed by atoms with Gasteiger partial charge in [-0.05, 0) is 25.0 Å². The molecule has 2 aromatic heterocycles. The molecule has 0 radical (unpaired) electrons. The number of methoxy groups -OCH3 is 1. The van der Waals surface area contributed by atoms with Gasteiger partial charge in [-0.3, -0.25) is 4.98 Å². The quantitative estimate of drug-likeness (QED) is 0.749. The topological polar surface area (TPSA) is 68.2 Å². The van der Waals surface area contributed by atoms with E-state index in [0.717, 1.165) is 25.0 Å². The molecule has 0 aliphatic heterocycles. The molecule has 0 atom stereocenters. The van der Waals surface area contributed by atoms with Crippen molar-refractivity contribution in [2.45, 2.75) is 25.2 Å². The average Bonchev–Trinajstić information content (AvgIpc) is 3.45. The first-order chi connectivity index (χ1) is 11.6. The minimum absolute atomic E-state index is 0.135. The van der Waals surface area contributed by atoms with Crippen LogP contribution in [0.2, 0.25) is 5.02 Å². The molecule has 0 amide bonds. The highest BCUT2D eigenvalue weighted by Gasteiger charge is 2.30. The van der Waals surface area contributed by atoms with E-state index in [1.807, 2.05) is 30.1 Å². The molecular formula is C17H19ClN4O2. The summed E-state index contributed by atoms with van der Waals surface area (Å²) in [4.78, 5) is 27.1. The predicted octanol–water partition coefficient (Wildman–Crippen LogP) is 2.87. The third-order valence-electron chi connectivity index (χ3n) is 3.96. The highest BCUT2D eigenvalue weighted by molar-refractivity contribution is 6.35. The van der Waals surface area contributed by atoms with Crippen molar-refractivity contribution < 1.29 is 9.53 Å². The molecular weight excluding hydrogens is 328 g/mol. The van der Waals surface area contributed by atoms with Gasteiger partial charge in [-0.2, -0.15) is 0 Å². The van der Waals surface area contributed by atoms with Crippen LogP contribution in [-0.2, 0) is 11.2 Å². The zero-order valence-corrected chi connectivity index (χ0v) is 14.5. The fourth-order valence-electron chi connectivity index (χ4n) is 2.40. The molecule has 126 valence electrons. The number of likely N-dealkylation sites (N-methyl/N-ethyl adjacent to an activating group) is 1. The van der Waals surface area contributed by atoms with Crippen LogP contribution in [0.25, 0.3) is 0 Å². The summed E-state index contributed by atoms with van der Waals surface area (Å²) in [5, 5.41) is 0.231. The van der Waals surface area contributed by atoms with E-state index in [-0.39, 0.29) is 10.7 Å². The smallest absolute Gasteiger partial charge is 0.358 e. The zero-order chi connectivity index (χ0) is 17.1. The monoisotopic (exact) mass is 346 g/mol. The minimum atomic E-state index is -0.538. The van der Waals surface area contributed by atoms with Crippen molar-refractivity contribution in [2.75, 3.05) is 25.6 Å². The van der Waals surface area contributed by atoms with Crippen LogP contribution in [0.5, 0.6) is 0 Å². The summed E-state index contributed by atoms with van der Waals surface area (Å²) in [5.41, 5.74) is 1.13. The Kier molecular flexibility index (Phi) is 4.94.